The number of rotatable bonds is 7. The molecular weight excluding hydrogens is 370 g/mol. The Morgan fingerprint density at radius 3 is 2.59 bits per heavy atom. The van der Waals surface area contributed by atoms with E-state index >= 15 is 0 Å². The van der Waals surface area contributed by atoms with Gasteiger partial charge in [0.25, 0.3) is 0 Å². The quantitative estimate of drug-likeness (QED) is 0.776. The van der Waals surface area contributed by atoms with Crippen molar-refractivity contribution in [3.63, 3.8) is 0 Å². The Morgan fingerprint density at radius 1 is 1.10 bits per heavy atom. The second kappa shape index (κ2) is 9.52. The van der Waals surface area contributed by atoms with Gasteiger partial charge >= 0.3 is 6.03 Å². The van der Waals surface area contributed by atoms with Crippen molar-refractivity contribution in [3.05, 3.63) is 53.6 Å². The van der Waals surface area contributed by atoms with Crippen molar-refractivity contribution in [2.75, 3.05) is 48.0 Å². The number of benzene rings is 2. The summed E-state index contributed by atoms with van der Waals surface area (Å²) >= 11 is 0. The molecule has 0 radical (unpaired) electrons. The zero-order valence-corrected chi connectivity index (χ0v) is 17.5. The molecule has 7 heteroatoms. The van der Waals surface area contributed by atoms with Crippen LogP contribution >= 0.6 is 0 Å². The van der Waals surface area contributed by atoms with E-state index in [1.54, 1.807) is 19.1 Å². The summed E-state index contributed by atoms with van der Waals surface area (Å²) < 4.78 is 16.5. The molecule has 0 saturated carbocycles. The Labute approximate surface area is 172 Å². The van der Waals surface area contributed by atoms with Crippen LogP contribution in [-0.4, -0.2) is 63.8 Å². The monoisotopic (exact) mass is 399 g/mol. The normalized spacial score (nSPS) is 13.7. The van der Waals surface area contributed by atoms with E-state index in [1.807, 2.05) is 56.6 Å². The van der Waals surface area contributed by atoms with Crippen LogP contribution in [0.15, 0.2) is 42.5 Å². The van der Waals surface area contributed by atoms with Crippen molar-refractivity contribution >= 4 is 6.03 Å². The van der Waals surface area contributed by atoms with Gasteiger partial charge in [-0.05, 0) is 49.5 Å². The molecule has 2 aromatic rings. The summed E-state index contributed by atoms with van der Waals surface area (Å²) in [6.07, 6.45) is 0. The van der Waals surface area contributed by atoms with Crippen LogP contribution in [0.4, 0.5) is 4.79 Å². The number of methoxy groups -OCH3 is 1. The van der Waals surface area contributed by atoms with E-state index in [9.17, 15) is 4.79 Å². The van der Waals surface area contributed by atoms with Crippen molar-refractivity contribution in [2.24, 2.45) is 0 Å². The summed E-state index contributed by atoms with van der Waals surface area (Å²) in [6, 6.07) is 13.6. The van der Waals surface area contributed by atoms with E-state index in [0.29, 0.717) is 26.3 Å². The van der Waals surface area contributed by atoms with Gasteiger partial charge in [-0.1, -0.05) is 18.2 Å². The molecule has 29 heavy (non-hydrogen) atoms. The number of ether oxygens (including phenoxy) is 3. The highest BCUT2D eigenvalue weighted by atomic mass is 16.6. The molecule has 1 heterocycles. The first-order valence-corrected chi connectivity index (χ1v) is 9.66. The van der Waals surface area contributed by atoms with Crippen molar-refractivity contribution in [1.29, 1.82) is 0 Å². The lowest BCUT2D eigenvalue weighted by Crippen LogP contribution is -2.41. The molecule has 1 atom stereocenters. The van der Waals surface area contributed by atoms with E-state index in [0.717, 1.165) is 28.4 Å². The van der Waals surface area contributed by atoms with Crippen LogP contribution in [0.1, 0.15) is 17.2 Å². The number of hydrogen-bond donors (Lipinski definition) is 1. The highest BCUT2D eigenvalue weighted by Crippen LogP contribution is 2.31. The third-order valence-corrected chi connectivity index (χ3v) is 4.92. The summed E-state index contributed by atoms with van der Waals surface area (Å²) in [4.78, 5) is 16.4. The van der Waals surface area contributed by atoms with Crippen LogP contribution in [-0.2, 0) is 6.54 Å². The maximum atomic E-state index is 12.6. The fourth-order valence-electron chi connectivity index (χ4n) is 3.30. The predicted molar refractivity (Wildman–Crippen MR) is 112 cm³/mol. The highest BCUT2D eigenvalue weighted by Gasteiger charge is 2.18. The number of nitrogens with one attached hydrogen (secondary N) is 1. The zero-order valence-electron chi connectivity index (χ0n) is 17.5. The number of urea groups is 1. The van der Waals surface area contributed by atoms with Crippen LogP contribution in [0, 0.1) is 0 Å². The van der Waals surface area contributed by atoms with Crippen molar-refractivity contribution < 1.29 is 19.0 Å². The molecule has 1 aliphatic rings. The number of carbonyl (C=O) groups excluding carboxylic acids is 1. The number of nitrogens with zero attached hydrogens (tertiary/aromatic N) is 2. The van der Waals surface area contributed by atoms with Gasteiger partial charge in [-0.2, -0.15) is 0 Å². The minimum absolute atomic E-state index is 0.0387. The molecular formula is C22H29N3O4. The van der Waals surface area contributed by atoms with Gasteiger partial charge < -0.3 is 29.3 Å². The molecule has 0 aliphatic carbocycles. The third kappa shape index (κ3) is 5.32. The topological polar surface area (TPSA) is 63.3 Å². The second-order valence-corrected chi connectivity index (χ2v) is 7.28. The van der Waals surface area contributed by atoms with Gasteiger partial charge in [0.05, 0.1) is 13.2 Å². The summed E-state index contributed by atoms with van der Waals surface area (Å²) in [6.45, 7) is 2.08. The SMILES string of the molecule is COc1cccc(C(CNC(=O)N(C)Cc2ccc3c(c2)OCCO3)N(C)C)c1. The molecule has 0 saturated heterocycles. The van der Waals surface area contributed by atoms with Gasteiger partial charge in [0.2, 0.25) is 0 Å². The third-order valence-electron chi connectivity index (χ3n) is 4.92. The van der Waals surface area contributed by atoms with Crippen LogP contribution in [0.3, 0.4) is 0 Å². The molecule has 0 bridgehead atoms. The summed E-state index contributed by atoms with van der Waals surface area (Å²) in [5.41, 5.74) is 2.08. The predicted octanol–water partition coefficient (Wildman–Crippen LogP) is 2.91. The molecule has 3 rings (SSSR count). The molecule has 7 nitrogen and oxygen atoms in total. The molecule has 156 valence electrons. The van der Waals surface area contributed by atoms with E-state index < -0.39 is 0 Å². The first-order valence-electron chi connectivity index (χ1n) is 9.66. The summed E-state index contributed by atoms with van der Waals surface area (Å²) in [5.74, 6) is 2.28. The molecule has 1 aliphatic heterocycles. The minimum Gasteiger partial charge on any atom is -0.497 e. The first kappa shape index (κ1) is 20.8. The number of likely N-dealkylation sites (N-methyl/N-ethyl adjacent to an activating group) is 1. The molecule has 0 aromatic heterocycles. The van der Waals surface area contributed by atoms with Crippen molar-refractivity contribution in [3.8, 4) is 17.2 Å². The van der Waals surface area contributed by atoms with Crippen molar-refractivity contribution in [1.82, 2.24) is 15.1 Å². The summed E-state index contributed by atoms with van der Waals surface area (Å²) in [5, 5.41) is 3.03. The average molecular weight is 399 g/mol. The standard InChI is InChI=1S/C22H29N3O4/c1-24(2)19(17-6-5-7-18(13-17)27-4)14-23-22(26)25(3)15-16-8-9-20-21(12-16)29-11-10-28-20/h5-9,12-13,19H,10-11,14-15H2,1-4H3,(H,23,26). The van der Waals surface area contributed by atoms with Crippen LogP contribution in [0.5, 0.6) is 17.2 Å². The Hall–Kier alpha value is -2.93. The Bertz CT molecular complexity index is 841. The smallest absolute Gasteiger partial charge is 0.317 e. The zero-order chi connectivity index (χ0) is 20.8. The number of carbonyl (C=O) groups is 1. The van der Waals surface area contributed by atoms with Crippen LogP contribution in [0.2, 0.25) is 0 Å². The van der Waals surface area contributed by atoms with Gasteiger partial charge in [0, 0.05) is 20.1 Å². The fraction of sp³-hybridized carbons (Fsp3) is 0.409. The van der Waals surface area contributed by atoms with Crippen LogP contribution in [0.25, 0.3) is 0 Å². The van der Waals surface area contributed by atoms with E-state index in [2.05, 4.69) is 10.2 Å². The first-order chi connectivity index (χ1) is 14.0. The average Bonchev–Trinajstić information content (AvgIpc) is 2.73. The minimum atomic E-state index is -0.130. The molecule has 0 fully saturated rings. The number of amides is 2. The number of fused-ring (bicyclic) bond motifs is 1. The highest BCUT2D eigenvalue weighted by molar-refractivity contribution is 5.74. The molecule has 2 amide bonds. The largest absolute Gasteiger partial charge is 0.497 e. The molecule has 0 spiro atoms. The van der Waals surface area contributed by atoms with Gasteiger partial charge in [-0.3, -0.25) is 0 Å². The summed E-state index contributed by atoms with van der Waals surface area (Å²) in [7, 11) is 7.42. The Balaban J connectivity index is 1.59. The van der Waals surface area contributed by atoms with E-state index in [4.69, 9.17) is 14.2 Å². The van der Waals surface area contributed by atoms with Gasteiger partial charge in [0.1, 0.15) is 19.0 Å². The van der Waals surface area contributed by atoms with Crippen LogP contribution < -0.4 is 19.5 Å². The lowest BCUT2D eigenvalue weighted by atomic mass is 10.1. The maximum absolute atomic E-state index is 12.6. The van der Waals surface area contributed by atoms with E-state index in [-0.39, 0.29) is 12.1 Å². The Morgan fingerprint density at radius 2 is 1.86 bits per heavy atom. The lowest BCUT2D eigenvalue weighted by molar-refractivity contribution is 0.171. The van der Waals surface area contributed by atoms with E-state index in [1.165, 1.54) is 0 Å². The lowest BCUT2D eigenvalue weighted by Gasteiger charge is -2.27. The fourth-order valence-corrected chi connectivity index (χ4v) is 3.30. The molecule has 1 N–H and O–H groups in total. The number of hydrogen-bond acceptors (Lipinski definition) is 5. The Kier molecular flexibility index (Phi) is 6.82. The molecule has 1 unspecified atom stereocenters. The van der Waals surface area contributed by atoms with Gasteiger partial charge in [-0.25, -0.2) is 4.79 Å². The van der Waals surface area contributed by atoms with Crippen molar-refractivity contribution in [2.45, 2.75) is 12.6 Å². The maximum Gasteiger partial charge on any atom is 0.317 e. The van der Waals surface area contributed by atoms with Gasteiger partial charge in [0.15, 0.2) is 11.5 Å². The molecule has 2 aromatic carbocycles. The van der Waals surface area contributed by atoms with Gasteiger partial charge in [-0.15, -0.1) is 0 Å². The second-order valence-electron chi connectivity index (χ2n) is 7.28.